The fraction of sp³-hybridized carbons (Fsp3) is 0.778. The smallest absolute Gasteiger partial charge is 0.0576 e. The summed E-state index contributed by atoms with van der Waals surface area (Å²) in [5, 5.41) is 3.33. The van der Waals surface area contributed by atoms with E-state index in [1.807, 2.05) is 0 Å². The van der Waals surface area contributed by atoms with Gasteiger partial charge in [-0.25, -0.2) is 0 Å². The quantitative estimate of drug-likeness (QED) is 0.567. The van der Waals surface area contributed by atoms with E-state index >= 15 is 0 Å². The van der Waals surface area contributed by atoms with Gasteiger partial charge in [0.1, 0.15) is 0 Å². The molecule has 62 valence electrons. The summed E-state index contributed by atoms with van der Waals surface area (Å²) in [5.74, 6) is 3.33. The fourth-order valence-electron chi connectivity index (χ4n) is 1.66. The summed E-state index contributed by atoms with van der Waals surface area (Å²) in [6.07, 6.45) is 5.16. The molecule has 1 fully saturated rings. The molecular weight excluding hydrogens is 136 g/mol. The molecule has 2 atom stereocenters. The number of likely N-dealkylation sites (tertiary alicyclic amines) is 1. The van der Waals surface area contributed by atoms with Crippen molar-refractivity contribution in [2.45, 2.75) is 13.0 Å². The summed E-state index contributed by atoms with van der Waals surface area (Å²) in [6, 6.07) is 0.594. The molecule has 2 nitrogen and oxygen atoms in total. The highest BCUT2D eigenvalue weighted by atomic mass is 15.2. The van der Waals surface area contributed by atoms with Crippen LogP contribution in [0, 0.1) is 18.3 Å². The summed E-state index contributed by atoms with van der Waals surface area (Å²) in [5.41, 5.74) is 0. The highest BCUT2D eigenvalue weighted by Gasteiger charge is 2.25. The molecule has 1 saturated heterocycles. The maximum atomic E-state index is 5.16. The standard InChI is InChI=1S/C9H16N2/c1-4-5-10-9-7-11(3)6-8(9)2/h1,8-10H,5-7H2,2-3H3. The highest BCUT2D eigenvalue weighted by Crippen LogP contribution is 2.13. The van der Waals surface area contributed by atoms with Gasteiger partial charge in [0.15, 0.2) is 0 Å². The molecule has 11 heavy (non-hydrogen) atoms. The predicted octanol–water partition coefficient (Wildman–Crippen LogP) is 0.159. The first kappa shape index (κ1) is 8.58. The molecule has 0 amide bonds. The Labute approximate surface area is 69.0 Å². The maximum absolute atomic E-state index is 5.16. The van der Waals surface area contributed by atoms with Crippen molar-refractivity contribution >= 4 is 0 Å². The van der Waals surface area contributed by atoms with Crippen LogP contribution >= 0.6 is 0 Å². The van der Waals surface area contributed by atoms with Crippen LogP contribution in [0.2, 0.25) is 0 Å². The SMILES string of the molecule is C#CCNC1CN(C)CC1C. The van der Waals surface area contributed by atoms with Gasteiger partial charge in [-0.05, 0) is 13.0 Å². The zero-order valence-electron chi connectivity index (χ0n) is 7.30. The Kier molecular flexibility index (Phi) is 2.92. The van der Waals surface area contributed by atoms with Crippen LogP contribution in [0.3, 0.4) is 0 Å². The lowest BCUT2D eigenvalue weighted by Crippen LogP contribution is -2.35. The Balaban J connectivity index is 2.30. The third-order valence-electron chi connectivity index (χ3n) is 2.26. The number of nitrogens with zero attached hydrogens (tertiary/aromatic N) is 1. The Hall–Kier alpha value is -0.520. The molecule has 1 rings (SSSR count). The van der Waals surface area contributed by atoms with E-state index in [0.717, 1.165) is 12.5 Å². The van der Waals surface area contributed by atoms with E-state index in [2.05, 4.69) is 30.1 Å². The number of rotatable bonds is 2. The Bertz CT molecular complexity index is 159. The second-order valence-corrected chi connectivity index (χ2v) is 3.39. The molecule has 2 heteroatoms. The van der Waals surface area contributed by atoms with Gasteiger partial charge in [-0.15, -0.1) is 6.42 Å². The third-order valence-corrected chi connectivity index (χ3v) is 2.26. The monoisotopic (exact) mass is 152 g/mol. The number of likely N-dealkylation sites (N-methyl/N-ethyl adjacent to an activating group) is 1. The van der Waals surface area contributed by atoms with Crippen molar-refractivity contribution in [3.05, 3.63) is 0 Å². The number of hydrogen-bond donors (Lipinski definition) is 1. The molecule has 0 aromatic heterocycles. The molecule has 1 aliphatic heterocycles. The van der Waals surface area contributed by atoms with Gasteiger partial charge < -0.3 is 10.2 Å². The van der Waals surface area contributed by atoms with Crippen LogP contribution < -0.4 is 5.32 Å². The average Bonchev–Trinajstić information content (AvgIpc) is 2.26. The highest BCUT2D eigenvalue weighted by molar-refractivity contribution is 4.92. The summed E-state index contributed by atoms with van der Waals surface area (Å²) < 4.78 is 0. The van der Waals surface area contributed by atoms with Crippen LogP contribution in [-0.4, -0.2) is 37.6 Å². The maximum Gasteiger partial charge on any atom is 0.0576 e. The molecule has 0 bridgehead atoms. The van der Waals surface area contributed by atoms with Gasteiger partial charge in [0.2, 0.25) is 0 Å². The van der Waals surface area contributed by atoms with E-state index in [1.54, 1.807) is 0 Å². The minimum atomic E-state index is 0.594. The topological polar surface area (TPSA) is 15.3 Å². The first-order valence-electron chi connectivity index (χ1n) is 4.09. The minimum Gasteiger partial charge on any atom is -0.304 e. The van der Waals surface area contributed by atoms with Crippen molar-refractivity contribution in [2.24, 2.45) is 5.92 Å². The molecular formula is C9H16N2. The zero-order chi connectivity index (χ0) is 8.27. The fourth-order valence-corrected chi connectivity index (χ4v) is 1.66. The number of terminal acetylenes is 1. The number of hydrogen-bond acceptors (Lipinski definition) is 2. The van der Waals surface area contributed by atoms with Crippen LogP contribution in [0.1, 0.15) is 6.92 Å². The van der Waals surface area contributed by atoms with Gasteiger partial charge in [-0.1, -0.05) is 12.8 Å². The average molecular weight is 152 g/mol. The molecule has 0 aliphatic carbocycles. The molecule has 0 aromatic rings. The van der Waals surface area contributed by atoms with Gasteiger partial charge in [0.25, 0.3) is 0 Å². The van der Waals surface area contributed by atoms with Crippen molar-refractivity contribution in [2.75, 3.05) is 26.7 Å². The van der Waals surface area contributed by atoms with E-state index in [4.69, 9.17) is 6.42 Å². The second-order valence-electron chi connectivity index (χ2n) is 3.39. The zero-order valence-corrected chi connectivity index (χ0v) is 7.30. The lowest BCUT2D eigenvalue weighted by atomic mass is 10.1. The van der Waals surface area contributed by atoms with Crippen molar-refractivity contribution in [3.8, 4) is 12.3 Å². The molecule has 0 radical (unpaired) electrons. The largest absolute Gasteiger partial charge is 0.304 e. The van der Waals surface area contributed by atoms with Gasteiger partial charge in [-0.2, -0.15) is 0 Å². The predicted molar refractivity (Wildman–Crippen MR) is 47.3 cm³/mol. The molecule has 0 saturated carbocycles. The van der Waals surface area contributed by atoms with Crippen LogP contribution in [0.25, 0.3) is 0 Å². The van der Waals surface area contributed by atoms with Crippen LogP contribution in [-0.2, 0) is 0 Å². The summed E-state index contributed by atoms with van der Waals surface area (Å²) in [4.78, 5) is 2.33. The van der Waals surface area contributed by atoms with Gasteiger partial charge >= 0.3 is 0 Å². The summed E-state index contributed by atoms with van der Waals surface area (Å²) >= 11 is 0. The van der Waals surface area contributed by atoms with E-state index in [0.29, 0.717) is 12.6 Å². The summed E-state index contributed by atoms with van der Waals surface area (Å²) in [6.45, 7) is 5.27. The molecule has 1 heterocycles. The number of nitrogens with one attached hydrogen (secondary N) is 1. The molecule has 0 aromatic carbocycles. The van der Waals surface area contributed by atoms with Crippen LogP contribution in [0.15, 0.2) is 0 Å². The van der Waals surface area contributed by atoms with E-state index < -0.39 is 0 Å². The van der Waals surface area contributed by atoms with Gasteiger partial charge in [0.05, 0.1) is 6.54 Å². The normalized spacial score (nSPS) is 32.1. The first-order valence-corrected chi connectivity index (χ1v) is 4.09. The van der Waals surface area contributed by atoms with Gasteiger partial charge in [0, 0.05) is 19.1 Å². The Morgan fingerprint density at radius 3 is 2.82 bits per heavy atom. The van der Waals surface area contributed by atoms with Crippen molar-refractivity contribution in [3.63, 3.8) is 0 Å². The van der Waals surface area contributed by atoms with E-state index in [1.165, 1.54) is 6.54 Å². The third kappa shape index (κ3) is 2.21. The molecule has 1 aliphatic rings. The van der Waals surface area contributed by atoms with E-state index in [-0.39, 0.29) is 0 Å². The second kappa shape index (κ2) is 3.75. The van der Waals surface area contributed by atoms with E-state index in [9.17, 15) is 0 Å². The lowest BCUT2D eigenvalue weighted by molar-refractivity contribution is 0.398. The van der Waals surface area contributed by atoms with Crippen molar-refractivity contribution in [1.29, 1.82) is 0 Å². The van der Waals surface area contributed by atoms with Crippen molar-refractivity contribution < 1.29 is 0 Å². The van der Waals surface area contributed by atoms with Crippen molar-refractivity contribution in [1.82, 2.24) is 10.2 Å². The first-order chi connectivity index (χ1) is 5.24. The van der Waals surface area contributed by atoms with Gasteiger partial charge in [-0.3, -0.25) is 0 Å². The van der Waals surface area contributed by atoms with Crippen LogP contribution in [0.4, 0.5) is 0 Å². The lowest BCUT2D eigenvalue weighted by Gasteiger charge is -2.13. The Morgan fingerprint density at radius 1 is 1.64 bits per heavy atom. The molecule has 0 spiro atoms. The van der Waals surface area contributed by atoms with Crippen LogP contribution in [0.5, 0.6) is 0 Å². The summed E-state index contributed by atoms with van der Waals surface area (Å²) in [7, 11) is 2.15. The Morgan fingerprint density at radius 2 is 2.36 bits per heavy atom. The minimum absolute atomic E-state index is 0.594. The molecule has 1 N–H and O–H groups in total. The molecule has 2 unspecified atom stereocenters.